The summed E-state index contributed by atoms with van der Waals surface area (Å²) in [5.41, 5.74) is 3.71. The molecule has 1 unspecified atom stereocenters. The summed E-state index contributed by atoms with van der Waals surface area (Å²) in [6.45, 7) is 6.43. The summed E-state index contributed by atoms with van der Waals surface area (Å²) in [6.07, 6.45) is 0. The van der Waals surface area contributed by atoms with Gasteiger partial charge in [-0.1, -0.05) is 6.07 Å². The number of hydrogen-bond acceptors (Lipinski definition) is 2. The zero-order valence-corrected chi connectivity index (χ0v) is 14.5. The van der Waals surface area contributed by atoms with Gasteiger partial charge in [-0.3, -0.25) is 0 Å². The van der Waals surface area contributed by atoms with Gasteiger partial charge in [-0.05, 0) is 81.3 Å². The van der Waals surface area contributed by atoms with Crippen LogP contribution in [0.25, 0.3) is 0 Å². The van der Waals surface area contributed by atoms with Crippen LogP contribution in [0.4, 0.5) is 5.69 Å². The zero-order valence-electron chi connectivity index (χ0n) is 10.6. The molecule has 0 fully saturated rings. The lowest BCUT2D eigenvalue weighted by molar-refractivity contribution is 0.899. The first kappa shape index (κ1) is 14.1. The summed E-state index contributed by atoms with van der Waals surface area (Å²) in [7, 11) is 0. The van der Waals surface area contributed by atoms with Crippen LogP contribution < -0.4 is 5.32 Å². The minimum atomic E-state index is 0.289. The average Bonchev–Trinajstić information content (AvgIpc) is 2.69. The molecule has 1 N–H and O–H groups in total. The third kappa shape index (κ3) is 2.98. The standard InChI is InChI=1S/C14H15Br2NS/c1-8-6-9(2)13(12(16)7-8)17-10(3)14-11(15)4-5-18-14/h4-7,10,17H,1-3H3. The maximum atomic E-state index is 3.64. The van der Waals surface area contributed by atoms with Crippen molar-refractivity contribution in [3.05, 3.63) is 48.5 Å². The molecule has 1 aromatic heterocycles. The lowest BCUT2D eigenvalue weighted by Gasteiger charge is -2.18. The molecule has 18 heavy (non-hydrogen) atoms. The zero-order chi connectivity index (χ0) is 13.3. The lowest BCUT2D eigenvalue weighted by Crippen LogP contribution is -2.07. The minimum absolute atomic E-state index is 0.289. The van der Waals surface area contributed by atoms with Gasteiger partial charge in [-0.2, -0.15) is 0 Å². The van der Waals surface area contributed by atoms with Gasteiger partial charge in [0.05, 0.1) is 11.7 Å². The van der Waals surface area contributed by atoms with Crippen LogP contribution >= 0.6 is 43.2 Å². The van der Waals surface area contributed by atoms with Gasteiger partial charge in [0.1, 0.15) is 0 Å². The molecule has 1 heterocycles. The first-order valence-corrected chi connectivity index (χ1v) is 8.21. The van der Waals surface area contributed by atoms with Crippen molar-refractivity contribution in [3.8, 4) is 0 Å². The SMILES string of the molecule is Cc1cc(C)c(NC(C)c2sccc2Br)c(Br)c1. The van der Waals surface area contributed by atoms with Crippen LogP contribution in [0.2, 0.25) is 0 Å². The molecule has 0 radical (unpaired) electrons. The van der Waals surface area contributed by atoms with E-state index in [1.54, 1.807) is 11.3 Å². The second-order valence-electron chi connectivity index (χ2n) is 4.44. The van der Waals surface area contributed by atoms with E-state index in [4.69, 9.17) is 0 Å². The second-order valence-corrected chi connectivity index (χ2v) is 7.09. The normalized spacial score (nSPS) is 12.5. The summed E-state index contributed by atoms with van der Waals surface area (Å²) < 4.78 is 2.30. The molecule has 0 spiro atoms. The molecule has 0 aliphatic heterocycles. The second kappa shape index (κ2) is 5.76. The molecule has 1 nitrogen and oxygen atoms in total. The van der Waals surface area contributed by atoms with E-state index in [2.05, 4.69) is 81.5 Å². The molecular weight excluding hydrogens is 374 g/mol. The highest BCUT2D eigenvalue weighted by molar-refractivity contribution is 9.11. The molecule has 0 aliphatic rings. The summed E-state index contributed by atoms with van der Waals surface area (Å²) >= 11 is 8.99. The lowest BCUT2D eigenvalue weighted by atomic mass is 10.1. The van der Waals surface area contributed by atoms with Crippen molar-refractivity contribution >= 4 is 48.9 Å². The van der Waals surface area contributed by atoms with E-state index >= 15 is 0 Å². The van der Waals surface area contributed by atoms with Gasteiger partial charge in [0.15, 0.2) is 0 Å². The average molecular weight is 389 g/mol. The van der Waals surface area contributed by atoms with Crippen LogP contribution in [-0.2, 0) is 0 Å². The number of hydrogen-bond donors (Lipinski definition) is 1. The topological polar surface area (TPSA) is 12.0 Å². The van der Waals surface area contributed by atoms with Gasteiger partial charge in [0.25, 0.3) is 0 Å². The molecule has 4 heteroatoms. The molecule has 96 valence electrons. The van der Waals surface area contributed by atoms with Gasteiger partial charge >= 0.3 is 0 Å². The Hall–Kier alpha value is -0.320. The number of rotatable bonds is 3. The number of anilines is 1. The van der Waals surface area contributed by atoms with Crippen LogP contribution in [0.1, 0.15) is 29.0 Å². The summed E-state index contributed by atoms with van der Waals surface area (Å²) in [4.78, 5) is 1.32. The highest BCUT2D eigenvalue weighted by Gasteiger charge is 2.13. The van der Waals surface area contributed by atoms with E-state index in [9.17, 15) is 0 Å². The third-order valence-corrected chi connectivity index (χ3v) is 5.51. The van der Waals surface area contributed by atoms with Crippen molar-refractivity contribution in [2.24, 2.45) is 0 Å². The smallest absolute Gasteiger partial charge is 0.0590 e. The predicted molar refractivity (Wildman–Crippen MR) is 87.7 cm³/mol. The first-order valence-electron chi connectivity index (χ1n) is 5.75. The molecule has 0 saturated heterocycles. The van der Waals surface area contributed by atoms with E-state index in [1.807, 2.05) is 0 Å². The monoisotopic (exact) mass is 387 g/mol. The van der Waals surface area contributed by atoms with Gasteiger partial charge < -0.3 is 5.32 Å². The van der Waals surface area contributed by atoms with Crippen molar-refractivity contribution in [2.75, 3.05) is 5.32 Å². The van der Waals surface area contributed by atoms with Crippen LogP contribution in [0.3, 0.4) is 0 Å². The van der Waals surface area contributed by atoms with E-state index < -0.39 is 0 Å². The van der Waals surface area contributed by atoms with Crippen molar-refractivity contribution in [1.29, 1.82) is 0 Å². The fourth-order valence-corrected chi connectivity index (χ4v) is 4.51. The quantitative estimate of drug-likeness (QED) is 0.673. The minimum Gasteiger partial charge on any atom is -0.377 e. The number of benzene rings is 1. The molecule has 0 saturated carbocycles. The molecular formula is C14H15Br2NS. The Bertz CT molecular complexity index is 540. The fourth-order valence-electron chi connectivity index (χ4n) is 1.99. The molecule has 1 aromatic carbocycles. The Morgan fingerprint density at radius 1 is 1.17 bits per heavy atom. The number of aryl methyl sites for hydroxylation is 2. The molecule has 2 rings (SSSR count). The first-order chi connectivity index (χ1) is 8.49. The Balaban J connectivity index is 2.27. The maximum absolute atomic E-state index is 3.64. The van der Waals surface area contributed by atoms with Crippen LogP contribution in [0.15, 0.2) is 32.5 Å². The van der Waals surface area contributed by atoms with E-state index in [0.29, 0.717) is 0 Å². The summed E-state index contributed by atoms with van der Waals surface area (Å²) in [5, 5.41) is 5.69. The highest BCUT2D eigenvalue weighted by Crippen LogP contribution is 2.35. The Morgan fingerprint density at radius 3 is 2.44 bits per heavy atom. The van der Waals surface area contributed by atoms with Crippen LogP contribution in [0, 0.1) is 13.8 Å². The maximum Gasteiger partial charge on any atom is 0.0590 e. The van der Waals surface area contributed by atoms with Crippen molar-refractivity contribution in [1.82, 2.24) is 0 Å². The van der Waals surface area contributed by atoms with Gasteiger partial charge in [-0.25, -0.2) is 0 Å². The Kier molecular flexibility index (Phi) is 4.51. The number of nitrogens with one attached hydrogen (secondary N) is 1. The van der Waals surface area contributed by atoms with Crippen molar-refractivity contribution in [2.45, 2.75) is 26.8 Å². The molecule has 0 amide bonds. The summed E-state index contributed by atoms with van der Waals surface area (Å²) in [6, 6.07) is 6.72. The van der Waals surface area contributed by atoms with E-state index in [0.717, 1.165) is 4.47 Å². The van der Waals surface area contributed by atoms with E-state index in [1.165, 1.54) is 26.2 Å². The highest BCUT2D eigenvalue weighted by atomic mass is 79.9. The van der Waals surface area contributed by atoms with Crippen LogP contribution in [0.5, 0.6) is 0 Å². The third-order valence-electron chi connectivity index (χ3n) is 2.83. The molecule has 2 aromatic rings. The van der Waals surface area contributed by atoms with Crippen LogP contribution in [-0.4, -0.2) is 0 Å². The largest absolute Gasteiger partial charge is 0.377 e. The van der Waals surface area contributed by atoms with Crippen molar-refractivity contribution in [3.63, 3.8) is 0 Å². The van der Waals surface area contributed by atoms with E-state index in [-0.39, 0.29) is 6.04 Å². The number of thiophene rings is 1. The number of halogens is 2. The molecule has 0 aliphatic carbocycles. The Labute approximate surface area is 129 Å². The summed E-state index contributed by atoms with van der Waals surface area (Å²) in [5.74, 6) is 0. The van der Waals surface area contributed by atoms with Crippen molar-refractivity contribution < 1.29 is 0 Å². The van der Waals surface area contributed by atoms with Gasteiger partial charge in [-0.15, -0.1) is 11.3 Å². The molecule has 0 bridgehead atoms. The predicted octanol–water partition coefficient (Wildman–Crippen LogP) is 6.06. The molecule has 1 atom stereocenters. The van der Waals surface area contributed by atoms with Gasteiger partial charge in [0.2, 0.25) is 0 Å². The van der Waals surface area contributed by atoms with Gasteiger partial charge in [0, 0.05) is 13.8 Å². The Morgan fingerprint density at radius 2 is 1.89 bits per heavy atom. The fraction of sp³-hybridized carbons (Fsp3) is 0.286.